The number of rotatable bonds is 11. The minimum Gasteiger partial charge on any atom is -0.496 e. The molecular formula is C63H55N9O5. The molecule has 0 bridgehead atoms. The summed E-state index contributed by atoms with van der Waals surface area (Å²) < 4.78 is 6.02. The molecule has 0 atom stereocenters. The molecule has 9 aromatic rings. The van der Waals surface area contributed by atoms with Crippen LogP contribution in [-0.4, -0.2) is 78.1 Å². The number of carbonyl (C=O) groups excluding carboxylic acids is 2. The number of hydrogen-bond donors (Lipinski definition) is 3. The number of ether oxygens (including phenoxy) is 1. The molecule has 0 radical (unpaired) electrons. The lowest BCUT2D eigenvalue weighted by atomic mass is 9.92. The Hall–Kier alpha value is -9.56. The molecule has 14 nitrogen and oxygen atoms in total. The number of carboxylic acids is 1. The maximum atomic E-state index is 14.1. The number of urea groups is 2. The van der Waals surface area contributed by atoms with E-state index in [-0.39, 0.29) is 24.2 Å². The van der Waals surface area contributed by atoms with Crippen molar-refractivity contribution < 1.29 is 24.2 Å². The van der Waals surface area contributed by atoms with Crippen molar-refractivity contribution >= 4 is 29.4 Å². The van der Waals surface area contributed by atoms with Crippen LogP contribution < -0.4 is 15.4 Å². The van der Waals surface area contributed by atoms with Crippen molar-refractivity contribution in [3.05, 3.63) is 203 Å². The Morgan fingerprint density at radius 2 is 1.18 bits per heavy atom. The summed E-state index contributed by atoms with van der Waals surface area (Å²) in [5.41, 5.74) is 16.6. The number of hydrogen-bond acceptors (Lipinski definition) is 9. The van der Waals surface area contributed by atoms with Crippen molar-refractivity contribution in [2.75, 3.05) is 30.8 Å². The van der Waals surface area contributed by atoms with Crippen LogP contribution in [0.15, 0.2) is 158 Å². The fraction of sp³-hybridized carbons (Fsp3) is 0.175. The maximum Gasteiger partial charge on any atom is 0.335 e. The van der Waals surface area contributed by atoms with Crippen LogP contribution in [0.3, 0.4) is 0 Å². The minimum atomic E-state index is -1.01. The summed E-state index contributed by atoms with van der Waals surface area (Å²) in [5.74, 6) is 0.807. The Labute approximate surface area is 446 Å². The third-order valence-electron chi connectivity index (χ3n) is 14.4. The van der Waals surface area contributed by atoms with Crippen LogP contribution in [0.2, 0.25) is 0 Å². The van der Waals surface area contributed by atoms with Gasteiger partial charge in [0.15, 0.2) is 11.6 Å². The van der Waals surface area contributed by atoms with Crippen LogP contribution >= 0.6 is 0 Å². The quantitative estimate of drug-likeness (QED) is 0.113. The van der Waals surface area contributed by atoms with Gasteiger partial charge in [0.1, 0.15) is 5.75 Å². The number of aromatic nitrogens is 5. The predicted molar refractivity (Wildman–Crippen MR) is 300 cm³/mol. The van der Waals surface area contributed by atoms with Crippen LogP contribution in [0.4, 0.5) is 21.0 Å². The summed E-state index contributed by atoms with van der Waals surface area (Å²) in [4.78, 5) is 68.3. The zero-order chi connectivity index (χ0) is 53.2. The normalized spacial score (nSPS) is 12.8. The van der Waals surface area contributed by atoms with Crippen LogP contribution in [0.1, 0.15) is 56.5 Å². The number of carbonyl (C=O) groups is 3. The smallest absolute Gasteiger partial charge is 0.335 e. The van der Waals surface area contributed by atoms with E-state index in [2.05, 4.69) is 78.9 Å². The first-order valence-electron chi connectivity index (χ1n) is 25.7. The van der Waals surface area contributed by atoms with E-state index < -0.39 is 5.97 Å². The van der Waals surface area contributed by atoms with Crippen molar-refractivity contribution in [2.45, 2.75) is 53.1 Å². The van der Waals surface area contributed by atoms with Gasteiger partial charge in [-0.15, -0.1) is 0 Å². The lowest BCUT2D eigenvalue weighted by Crippen LogP contribution is -2.39. The summed E-state index contributed by atoms with van der Waals surface area (Å²) >= 11 is 0. The monoisotopic (exact) mass is 1020 g/mol. The number of amides is 4. The summed E-state index contributed by atoms with van der Waals surface area (Å²) in [7, 11) is 1.67. The van der Waals surface area contributed by atoms with Crippen molar-refractivity contribution in [1.29, 1.82) is 0 Å². The highest BCUT2D eigenvalue weighted by Gasteiger charge is 2.30. The summed E-state index contributed by atoms with van der Waals surface area (Å²) in [6, 6.07) is 45.9. The predicted octanol–water partition coefficient (Wildman–Crippen LogP) is 12.7. The first kappa shape index (κ1) is 49.6. The van der Waals surface area contributed by atoms with E-state index in [4.69, 9.17) is 24.7 Å². The highest BCUT2D eigenvalue weighted by molar-refractivity contribution is 5.93. The van der Waals surface area contributed by atoms with Crippen LogP contribution in [0, 0.1) is 13.8 Å². The molecule has 3 aromatic heterocycles. The van der Waals surface area contributed by atoms with Gasteiger partial charge >= 0.3 is 18.0 Å². The van der Waals surface area contributed by atoms with Crippen LogP contribution in [0.25, 0.3) is 67.5 Å². The average Bonchev–Trinajstić information content (AvgIpc) is 3.51. The number of anilines is 2. The number of pyridine rings is 1. The zero-order valence-corrected chi connectivity index (χ0v) is 43.2. The van der Waals surface area contributed by atoms with Crippen LogP contribution in [0.5, 0.6) is 5.75 Å². The molecule has 382 valence electrons. The molecule has 0 fully saturated rings. The van der Waals surface area contributed by atoms with Gasteiger partial charge in [-0.25, -0.2) is 34.3 Å². The Balaban J connectivity index is 0.909. The number of benzene rings is 6. The summed E-state index contributed by atoms with van der Waals surface area (Å²) in [6.45, 7) is 7.81. The molecule has 77 heavy (non-hydrogen) atoms. The van der Waals surface area contributed by atoms with Gasteiger partial charge in [0.25, 0.3) is 0 Å². The number of fused-ring (bicyclic) bond motifs is 2. The second kappa shape index (κ2) is 21.4. The average molecular weight is 1020 g/mol. The highest BCUT2D eigenvalue weighted by atomic mass is 16.5. The molecule has 2 aliphatic rings. The zero-order valence-electron chi connectivity index (χ0n) is 43.2. The number of nitrogens with one attached hydrogen (secondary N) is 2. The third-order valence-corrected chi connectivity index (χ3v) is 14.4. The summed E-state index contributed by atoms with van der Waals surface area (Å²) in [6.07, 6.45) is 5.43. The third kappa shape index (κ3) is 10.3. The van der Waals surface area contributed by atoms with E-state index in [1.54, 1.807) is 42.6 Å². The lowest BCUT2D eigenvalue weighted by Gasteiger charge is -2.30. The Morgan fingerprint density at radius 1 is 0.571 bits per heavy atom. The molecular weight excluding hydrogens is 963 g/mol. The van der Waals surface area contributed by atoms with E-state index in [9.17, 15) is 19.5 Å². The first-order valence-corrected chi connectivity index (χ1v) is 25.7. The van der Waals surface area contributed by atoms with Crippen molar-refractivity contribution in [2.24, 2.45) is 0 Å². The van der Waals surface area contributed by atoms with Gasteiger partial charge in [-0.05, 0) is 120 Å². The molecule has 0 aliphatic carbocycles. The van der Waals surface area contributed by atoms with E-state index in [1.165, 1.54) is 0 Å². The van der Waals surface area contributed by atoms with Crippen molar-refractivity contribution in [3.63, 3.8) is 0 Å². The van der Waals surface area contributed by atoms with Gasteiger partial charge in [-0.3, -0.25) is 4.98 Å². The molecule has 11 rings (SSSR count). The molecule has 6 aromatic carbocycles. The van der Waals surface area contributed by atoms with Crippen molar-refractivity contribution in [1.82, 2.24) is 34.7 Å². The number of aryl methyl sites for hydroxylation is 3. The van der Waals surface area contributed by atoms with Gasteiger partial charge in [-0.1, -0.05) is 85.8 Å². The Kier molecular flexibility index (Phi) is 13.8. The first-order chi connectivity index (χ1) is 37.5. The molecule has 14 heteroatoms. The topological polar surface area (TPSA) is 176 Å². The Bertz CT molecular complexity index is 3770. The number of aromatic carboxylic acids is 1. The SMILES string of the molecule is CCc1cccc(NC(=O)N2CCc3nc(-c4ccc(OC)c(-c5ccc(-c6nc(-c7cccnc7)nc7c6CN(C(=O)Nc6cccc(-c8cccc(C(=O)O)c8)c6)CC7)c(C)c5)c4)nc(-c4ccccc4C)c3C2)c1. The van der Waals surface area contributed by atoms with Gasteiger partial charge in [-0.2, -0.15) is 0 Å². The standard InChI is InChI=1S/C63H55N9O5/c1-5-40-13-8-18-47(31-40)65-62(75)71-28-25-54-52(36-71)57(49-20-7-6-12-38(49)2)69-59(67-54)44-22-24-56(77-4)51(34-44)43-21-23-50(39(3)30-43)58-53-37-72(29-26-55(53)68-60(70-58)46-17-11-27-64-35-46)63(76)66-48-19-10-15-42(33-48)41-14-9-16-45(32-41)61(73)74/h6-24,27,30-35H,5,25-26,28-29,36-37H2,1-4H3,(H,65,75)(H,66,76)(H,73,74). The molecule has 5 heterocycles. The molecule has 3 N–H and O–H groups in total. The molecule has 0 unspecified atom stereocenters. The van der Waals surface area contributed by atoms with E-state index in [0.29, 0.717) is 55.6 Å². The van der Waals surface area contributed by atoms with Gasteiger partial charge < -0.3 is 30.3 Å². The van der Waals surface area contributed by atoms with E-state index in [1.807, 2.05) is 89.8 Å². The largest absolute Gasteiger partial charge is 0.496 e. The number of carboxylic acid groups (broad SMARTS) is 1. The Morgan fingerprint density at radius 3 is 1.82 bits per heavy atom. The molecule has 0 saturated heterocycles. The maximum absolute atomic E-state index is 14.1. The van der Waals surface area contributed by atoms with Crippen LogP contribution in [-0.2, 0) is 32.4 Å². The lowest BCUT2D eigenvalue weighted by molar-refractivity contribution is 0.0696. The molecule has 0 saturated carbocycles. The molecule has 2 aliphatic heterocycles. The fourth-order valence-corrected chi connectivity index (χ4v) is 10.3. The molecule has 4 amide bonds. The fourth-order valence-electron chi connectivity index (χ4n) is 10.3. The minimum absolute atomic E-state index is 0.160. The van der Waals surface area contributed by atoms with Gasteiger partial charge in [0.2, 0.25) is 0 Å². The highest BCUT2D eigenvalue weighted by Crippen LogP contribution is 2.40. The number of nitrogens with zero attached hydrogens (tertiary/aromatic N) is 7. The van der Waals surface area contributed by atoms with Crippen molar-refractivity contribution in [3.8, 4) is 73.3 Å². The van der Waals surface area contributed by atoms with E-state index in [0.717, 1.165) is 107 Å². The molecule has 0 spiro atoms. The second-order valence-corrected chi connectivity index (χ2v) is 19.4. The van der Waals surface area contributed by atoms with E-state index >= 15 is 0 Å². The second-order valence-electron chi connectivity index (χ2n) is 19.4. The van der Waals surface area contributed by atoms with Gasteiger partial charge in [0.05, 0.1) is 48.5 Å². The van der Waals surface area contributed by atoms with Gasteiger partial charge in [0, 0.05) is 88.6 Å². The summed E-state index contributed by atoms with van der Waals surface area (Å²) in [5, 5.41) is 15.8. The number of methoxy groups -OCH3 is 1.